The number of anilines is 3. The fraction of sp³-hybridized carbons (Fsp3) is 0.143. The summed E-state index contributed by atoms with van der Waals surface area (Å²) in [5.74, 6) is -5.06. The zero-order valence-electron chi connectivity index (χ0n) is 14.9. The van der Waals surface area contributed by atoms with E-state index in [-0.39, 0.29) is 11.6 Å². The Balaban J connectivity index is 1.63. The lowest BCUT2D eigenvalue weighted by Crippen LogP contribution is -2.24. The first-order valence-corrected chi connectivity index (χ1v) is 8.72. The van der Waals surface area contributed by atoms with Crippen LogP contribution in [0.4, 0.5) is 30.2 Å². The molecular weight excluding hydrogens is 367 g/mol. The number of para-hydroxylation sites is 1. The van der Waals surface area contributed by atoms with E-state index in [9.17, 15) is 18.0 Å². The average Bonchev–Trinajstić information content (AvgIpc) is 3.04. The Labute approximate surface area is 159 Å². The molecule has 1 N–H and O–H groups in total. The van der Waals surface area contributed by atoms with E-state index in [4.69, 9.17) is 0 Å². The molecule has 1 aromatic heterocycles. The molecule has 1 atom stereocenters. The number of benzene rings is 2. The van der Waals surface area contributed by atoms with Gasteiger partial charge in [-0.25, -0.2) is 13.2 Å². The highest BCUT2D eigenvalue weighted by Crippen LogP contribution is 2.38. The third-order valence-corrected chi connectivity index (χ3v) is 4.75. The molecule has 3 aromatic rings. The van der Waals surface area contributed by atoms with Crippen molar-refractivity contribution >= 4 is 23.0 Å². The van der Waals surface area contributed by atoms with Crippen molar-refractivity contribution in [2.75, 3.05) is 10.2 Å². The summed E-state index contributed by atoms with van der Waals surface area (Å²) >= 11 is 0. The number of pyridine rings is 1. The second-order valence-corrected chi connectivity index (χ2v) is 6.66. The quantitative estimate of drug-likeness (QED) is 0.659. The van der Waals surface area contributed by atoms with Gasteiger partial charge in [0, 0.05) is 17.9 Å². The van der Waals surface area contributed by atoms with E-state index < -0.39 is 29.0 Å². The Morgan fingerprint density at radius 3 is 2.71 bits per heavy atom. The van der Waals surface area contributed by atoms with Crippen LogP contribution in [0.1, 0.15) is 22.8 Å². The molecule has 0 aliphatic carbocycles. The van der Waals surface area contributed by atoms with Gasteiger partial charge in [0.15, 0.2) is 17.5 Å². The summed E-state index contributed by atoms with van der Waals surface area (Å²) in [6.07, 6.45) is 3.85. The number of nitrogens with zero attached hydrogens (tertiary/aromatic N) is 2. The molecule has 1 aliphatic rings. The molecule has 28 heavy (non-hydrogen) atoms. The molecule has 1 unspecified atom stereocenters. The molecule has 0 saturated carbocycles. The Morgan fingerprint density at radius 1 is 1.11 bits per heavy atom. The smallest absolute Gasteiger partial charge is 0.257 e. The van der Waals surface area contributed by atoms with Gasteiger partial charge in [-0.1, -0.05) is 18.2 Å². The van der Waals surface area contributed by atoms with E-state index in [2.05, 4.69) is 28.2 Å². The zero-order chi connectivity index (χ0) is 19.8. The van der Waals surface area contributed by atoms with E-state index in [1.54, 1.807) is 12.3 Å². The molecule has 0 bridgehead atoms. The first-order valence-electron chi connectivity index (χ1n) is 8.72. The van der Waals surface area contributed by atoms with Crippen molar-refractivity contribution in [3.8, 4) is 0 Å². The number of hydrogen-bond donors (Lipinski definition) is 1. The molecule has 7 heteroatoms. The van der Waals surface area contributed by atoms with Gasteiger partial charge in [0.25, 0.3) is 5.91 Å². The molecule has 1 aliphatic heterocycles. The van der Waals surface area contributed by atoms with Crippen molar-refractivity contribution in [3.05, 3.63) is 83.4 Å². The van der Waals surface area contributed by atoms with Gasteiger partial charge in [-0.3, -0.25) is 9.78 Å². The topological polar surface area (TPSA) is 45.2 Å². The molecule has 1 amide bonds. The van der Waals surface area contributed by atoms with Crippen LogP contribution in [0, 0.1) is 17.5 Å². The van der Waals surface area contributed by atoms with Crippen molar-refractivity contribution in [1.82, 2.24) is 4.98 Å². The number of fused-ring (bicyclic) bond motifs is 1. The highest BCUT2D eigenvalue weighted by Gasteiger charge is 2.27. The van der Waals surface area contributed by atoms with E-state index in [0.29, 0.717) is 0 Å². The molecule has 4 nitrogen and oxygen atoms in total. The molecule has 0 fully saturated rings. The largest absolute Gasteiger partial charge is 0.337 e. The molecule has 0 saturated heterocycles. The number of halogens is 3. The van der Waals surface area contributed by atoms with E-state index in [0.717, 1.165) is 29.9 Å². The van der Waals surface area contributed by atoms with Crippen LogP contribution < -0.4 is 10.2 Å². The Morgan fingerprint density at radius 2 is 1.89 bits per heavy atom. The summed E-state index contributed by atoms with van der Waals surface area (Å²) in [6.45, 7) is 2.07. The van der Waals surface area contributed by atoms with Crippen LogP contribution in [-0.4, -0.2) is 16.9 Å². The highest BCUT2D eigenvalue weighted by molar-refractivity contribution is 6.04. The van der Waals surface area contributed by atoms with Crippen molar-refractivity contribution in [3.63, 3.8) is 0 Å². The number of nitrogens with one attached hydrogen (secondary N) is 1. The second kappa shape index (κ2) is 6.99. The molecule has 2 aromatic carbocycles. The predicted octanol–water partition coefficient (Wildman–Crippen LogP) is 4.83. The van der Waals surface area contributed by atoms with Crippen LogP contribution in [0.5, 0.6) is 0 Å². The van der Waals surface area contributed by atoms with Gasteiger partial charge in [0.2, 0.25) is 0 Å². The van der Waals surface area contributed by atoms with Crippen molar-refractivity contribution in [1.29, 1.82) is 0 Å². The normalized spacial score (nSPS) is 15.4. The van der Waals surface area contributed by atoms with Crippen LogP contribution in [-0.2, 0) is 6.42 Å². The van der Waals surface area contributed by atoms with E-state index in [1.807, 2.05) is 18.2 Å². The van der Waals surface area contributed by atoms with Crippen molar-refractivity contribution in [2.24, 2.45) is 0 Å². The number of amides is 1. The molecular formula is C21H16F3N3O. The first kappa shape index (κ1) is 18.0. The van der Waals surface area contributed by atoms with Crippen LogP contribution >= 0.6 is 0 Å². The summed E-state index contributed by atoms with van der Waals surface area (Å²) in [6, 6.07) is 11.5. The number of carbonyl (C=O) groups excluding carboxylic acids is 1. The summed E-state index contributed by atoms with van der Waals surface area (Å²) in [5.41, 5.74) is 2.71. The number of aromatic nitrogens is 1. The van der Waals surface area contributed by atoms with Gasteiger partial charge in [-0.2, -0.15) is 0 Å². The van der Waals surface area contributed by atoms with E-state index in [1.165, 1.54) is 11.8 Å². The van der Waals surface area contributed by atoms with Gasteiger partial charge in [-0.05, 0) is 43.2 Å². The minimum absolute atomic E-state index is 0.179. The summed E-state index contributed by atoms with van der Waals surface area (Å²) in [5, 5.41) is 2.26. The Bertz CT molecular complexity index is 1070. The maximum atomic E-state index is 13.8. The summed E-state index contributed by atoms with van der Waals surface area (Å²) < 4.78 is 40.3. The molecule has 4 rings (SSSR count). The molecule has 0 radical (unpaired) electrons. The highest BCUT2D eigenvalue weighted by atomic mass is 19.2. The first-order chi connectivity index (χ1) is 13.5. The Hall–Kier alpha value is -3.35. The summed E-state index contributed by atoms with van der Waals surface area (Å²) in [4.78, 5) is 18.7. The number of carbonyl (C=O) groups is 1. The maximum absolute atomic E-state index is 13.8. The second-order valence-electron chi connectivity index (χ2n) is 6.66. The lowest BCUT2D eigenvalue weighted by atomic mass is 10.1. The molecule has 0 spiro atoms. The van der Waals surface area contributed by atoms with Crippen molar-refractivity contribution in [2.45, 2.75) is 19.4 Å². The molecule has 2 heterocycles. The van der Waals surface area contributed by atoms with Gasteiger partial charge >= 0.3 is 0 Å². The third kappa shape index (κ3) is 3.09. The fourth-order valence-corrected chi connectivity index (χ4v) is 3.46. The van der Waals surface area contributed by atoms with Gasteiger partial charge in [0.05, 0.1) is 23.1 Å². The standard InChI is InChI=1S/C21H16F3N3O/c1-12-8-13-4-2-3-5-18(13)27(12)15-9-14(10-25-11-15)21(28)26-17-7-6-16(22)19(23)20(17)24/h2-7,9-12H,8H2,1H3,(H,26,28). The van der Waals surface area contributed by atoms with Crippen LogP contribution in [0.2, 0.25) is 0 Å². The van der Waals surface area contributed by atoms with Gasteiger partial charge < -0.3 is 10.2 Å². The monoisotopic (exact) mass is 383 g/mol. The van der Waals surface area contributed by atoms with Crippen LogP contribution in [0.15, 0.2) is 54.9 Å². The lowest BCUT2D eigenvalue weighted by Gasteiger charge is -2.25. The fourth-order valence-electron chi connectivity index (χ4n) is 3.46. The predicted molar refractivity (Wildman–Crippen MR) is 100 cm³/mol. The zero-order valence-corrected chi connectivity index (χ0v) is 14.9. The number of hydrogen-bond acceptors (Lipinski definition) is 3. The third-order valence-electron chi connectivity index (χ3n) is 4.75. The SMILES string of the molecule is CC1Cc2ccccc2N1c1cncc(C(=O)Nc2ccc(F)c(F)c2F)c1. The minimum atomic E-state index is -1.63. The summed E-state index contributed by atoms with van der Waals surface area (Å²) in [7, 11) is 0. The van der Waals surface area contributed by atoms with Gasteiger partial charge in [0.1, 0.15) is 0 Å². The van der Waals surface area contributed by atoms with Crippen LogP contribution in [0.25, 0.3) is 0 Å². The van der Waals surface area contributed by atoms with Crippen LogP contribution in [0.3, 0.4) is 0 Å². The van der Waals surface area contributed by atoms with Crippen molar-refractivity contribution < 1.29 is 18.0 Å². The maximum Gasteiger partial charge on any atom is 0.257 e. The van der Waals surface area contributed by atoms with Gasteiger partial charge in [-0.15, -0.1) is 0 Å². The minimum Gasteiger partial charge on any atom is -0.337 e. The van der Waals surface area contributed by atoms with E-state index >= 15 is 0 Å². The lowest BCUT2D eigenvalue weighted by molar-refractivity contribution is 0.102. The Kier molecular flexibility index (Phi) is 4.50. The average molecular weight is 383 g/mol. The molecule has 142 valence electrons. The number of rotatable bonds is 3.